The van der Waals surface area contributed by atoms with Crippen LogP contribution in [-0.2, 0) is 24.7 Å². The molecule has 4 bridgehead atoms. The van der Waals surface area contributed by atoms with Gasteiger partial charge in [0, 0.05) is 0 Å². The normalized spacial score (nSPS) is 36.5. The number of hydrogen-bond acceptors (Lipinski definition) is 0. The van der Waals surface area contributed by atoms with E-state index < -0.39 is 0 Å². The van der Waals surface area contributed by atoms with Crippen LogP contribution in [0.5, 0.6) is 0 Å². The van der Waals surface area contributed by atoms with E-state index in [-0.39, 0.29) is 24.8 Å². The molecule has 4 saturated carbocycles. The summed E-state index contributed by atoms with van der Waals surface area (Å²) >= 11 is 1.81. The first-order valence-corrected chi connectivity index (χ1v) is 12.7. The molecule has 157 valence electrons. The Labute approximate surface area is 213 Å². The van der Waals surface area contributed by atoms with E-state index in [1.54, 1.807) is 16.7 Å². The first-order valence-electron chi connectivity index (χ1n) is 11.5. The van der Waals surface area contributed by atoms with Crippen LogP contribution in [0.1, 0.15) is 55.6 Å². The fourth-order valence-electron chi connectivity index (χ4n) is 8.73. The molecule has 3 heteroatoms. The van der Waals surface area contributed by atoms with E-state index in [1.807, 2.05) is 24.7 Å². The van der Waals surface area contributed by atoms with Crippen LogP contribution in [0.25, 0.3) is 11.1 Å². The van der Waals surface area contributed by atoms with Gasteiger partial charge in [-0.25, -0.2) is 0 Å². The number of benzene rings is 2. The minimum atomic E-state index is 0. The van der Waals surface area contributed by atoms with E-state index in [0.717, 1.165) is 17.8 Å². The van der Waals surface area contributed by atoms with E-state index in [1.165, 1.54) is 49.7 Å². The predicted octanol–water partition coefficient (Wildman–Crippen LogP) is 1.23. The van der Waals surface area contributed by atoms with Gasteiger partial charge in [0.1, 0.15) is 0 Å². The first-order chi connectivity index (χ1) is 14.2. The minimum absolute atomic E-state index is 0. The average molecular weight is 526 g/mol. The second-order valence-corrected chi connectivity index (χ2v) is 12.8. The molecule has 31 heavy (non-hydrogen) atoms. The van der Waals surface area contributed by atoms with Crippen molar-refractivity contribution in [2.24, 2.45) is 23.2 Å². The average Bonchev–Trinajstić information content (AvgIpc) is 3.35. The summed E-state index contributed by atoms with van der Waals surface area (Å²) in [7, 11) is 0. The summed E-state index contributed by atoms with van der Waals surface area (Å²) in [6.07, 6.45) is 15.9. The second kappa shape index (κ2) is 7.72. The van der Waals surface area contributed by atoms with Crippen LogP contribution >= 0.6 is 0 Å². The fourth-order valence-corrected chi connectivity index (χ4v) is 11.4. The Morgan fingerprint density at radius 1 is 0.774 bits per heavy atom. The number of fused-ring (bicyclic) bond motifs is 3. The standard InChI is InChI=1S/C28H27.2ClH.Zr/c1-2-8-20(7-1)28(21-14-18-13-19(16-21)17-22(28)15-18)27-25-11-5-3-9-23(25)24-10-4-6-12-26(24)27;;;/h1-7,9-12,18-19,21,27H,8,13-17H2;2*1H;/q;;;+2/p-2. The van der Waals surface area contributed by atoms with Crippen molar-refractivity contribution in [2.75, 3.05) is 0 Å². The number of allylic oxidation sites excluding steroid dienone is 4. The zero-order valence-electron chi connectivity index (χ0n) is 17.7. The van der Waals surface area contributed by atoms with Gasteiger partial charge in [0.25, 0.3) is 0 Å². The van der Waals surface area contributed by atoms with Crippen molar-refractivity contribution >= 4 is 0 Å². The Kier molecular flexibility index (Phi) is 5.52. The molecule has 0 aromatic heterocycles. The van der Waals surface area contributed by atoms with Gasteiger partial charge in [-0.1, -0.05) is 0 Å². The van der Waals surface area contributed by atoms with Crippen LogP contribution in [-0.4, -0.2) is 0 Å². The number of halogens is 2. The Bertz CT molecular complexity index is 1030. The molecular formula is C28H27Cl2Zr. The molecule has 6 aliphatic carbocycles. The zero-order valence-corrected chi connectivity index (χ0v) is 21.6. The Hall–Kier alpha value is -0.617. The summed E-state index contributed by atoms with van der Waals surface area (Å²) in [6, 6.07) is 18.8. The molecule has 0 amide bonds. The van der Waals surface area contributed by atoms with Gasteiger partial charge in [-0.3, -0.25) is 0 Å². The van der Waals surface area contributed by atoms with Crippen LogP contribution in [0, 0.1) is 23.2 Å². The SMILES string of the molecule is [Cl-].[Cl-].[Zr+2][C]12CC3CC(CC(C3)C1(C1=CC=CC1)C1c3ccccc3-c3ccccc31)C2. The zero-order chi connectivity index (χ0) is 19.2. The molecule has 6 aliphatic rings. The van der Waals surface area contributed by atoms with Gasteiger partial charge in [-0.05, 0) is 0 Å². The Morgan fingerprint density at radius 2 is 1.35 bits per heavy atom. The Balaban J connectivity index is 0.00000102. The summed E-state index contributed by atoms with van der Waals surface area (Å²) < 4.78 is 0.515. The summed E-state index contributed by atoms with van der Waals surface area (Å²) in [5, 5.41) is 0. The van der Waals surface area contributed by atoms with Crippen LogP contribution in [0.15, 0.2) is 72.3 Å². The summed E-state index contributed by atoms with van der Waals surface area (Å²) in [5.41, 5.74) is 8.35. The van der Waals surface area contributed by atoms with Crippen LogP contribution < -0.4 is 24.8 Å². The third kappa shape index (κ3) is 2.76. The van der Waals surface area contributed by atoms with E-state index in [0.29, 0.717) is 14.5 Å². The fraction of sp³-hybridized carbons (Fsp3) is 0.429. The van der Waals surface area contributed by atoms with E-state index >= 15 is 0 Å². The van der Waals surface area contributed by atoms with E-state index in [2.05, 4.69) is 66.8 Å². The summed E-state index contributed by atoms with van der Waals surface area (Å²) in [5.74, 6) is 3.41. The third-order valence-electron chi connectivity index (χ3n) is 9.20. The van der Waals surface area contributed by atoms with Crippen LogP contribution in [0.4, 0.5) is 0 Å². The maximum absolute atomic E-state index is 2.54. The van der Waals surface area contributed by atoms with Crippen molar-refractivity contribution in [2.45, 2.75) is 47.6 Å². The van der Waals surface area contributed by atoms with Crippen molar-refractivity contribution in [3.8, 4) is 11.1 Å². The van der Waals surface area contributed by atoms with Crippen molar-refractivity contribution in [3.63, 3.8) is 0 Å². The molecular weight excluding hydrogens is 498 g/mol. The van der Waals surface area contributed by atoms with Gasteiger partial charge in [0.2, 0.25) is 0 Å². The molecule has 0 N–H and O–H groups in total. The van der Waals surface area contributed by atoms with Crippen LogP contribution in [0.2, 0.25) is 3.12 Å². The van der Waals surface area contributed by atoms with Gasteiger partial charge >= 0.3 is 190 Å². The molecule has 2 aromatic carbocycles. The van der Waals surface area contributed by atoms with Crippen molar-refractivity contribution in [1.82, 2.24) is 0 Å². The molecule has 0 radical (unpaired) electrons. The van der Waals surface area contributed by atoms with Crippen molar-refractivity contribution in [3.05, 3.63) is 83.5 Å². The molecule has 4 fully saturated rings. The molecule has 8 rings (SSSR count). The molecule has 2 aromatic rings. The molecule has 3 atom stereocenters. The van der Waals surface area contributed by atoms with Gasteiger partial charge < -0.3 is 24.8 Å². The second-order valence-electron chi connectivity index (χ2n) is 10.4. The van der Waals surface area contributed by atoms with Gasteiger partial charge in [-0.2, -0.15) is 0 Å². The van der Waals surface area contributed by atoms with E-state index in [4.69, 9.17) is 0 Å². The molecule has 0 nitrogen and oxygen atoms in total. The molecule has 0 heterocycles. The van der Waals surface area contributed by atoms with Crippen molar-refractivity contribution < 1.29 is 49.5 Å². The van der Waals surface area contributed by atoms with Gasteiger partial charge in [0.15, 0.2) is 0 Å². The van der Waals surface area contributed by atoms with Gasteiger partial charge in [0.05, 0.1) is 0 Å². The van der Waals surface area contributed by atoms with Crippen LogP contribution in [0.3, 0.4) is 0 Å². The maximum atomic E-state index is 2.54. The molecule has 0 aliphatic heterocycles. The van der Waals surface area contributed by atoms with Crippen molar-refractivity contribution in [1.29, 1.82) is 0 Å². The number of rotatable bonds is 2. The van der Waals surface area contributed by atoms with Gasteiger partial charge in [-0.15, -0.1) is 0 Å². The molecule has 3 unspecified atom stereocenters. The van der Waals surface area contributed by atoms with E-state index in [9.17, 15) is 0 Å². The third-order valence-corrected chi connectivity index (χ3v) is 11.2. The number of hydrogen-bond donors (Lipinski definition) is 0. The first kappa shape index (κ1) is 22.2. The quantitative estimate of drug-likeness (QED) is 0.554. The monoisotopic (exact) mass is 523 g/mol. The topological polar surface area (TPSA) is 0 Å². The Morgan fingerprint density at radius 3 is 1.87 bits per heavy atom. The predicted molar refractivity (Wildman–Crippen MR) is 114 cm³/mol. The summed E-state index contributed by atoms with van der Waals surface area (Å²) in [6.45, 7) is 0. The molecule has 0 saturated heterocycles. The summed E-state index contributed by atoms with van der Waals surface area (Å²) in [4.78, 5) is 0. The molecule has 0 spiro atoms.